The largest absolute Gasteiger partial charge is 0.457 e. The fraction of sp³-hybridized carbons (Fsp3) is 0.424. The molecule has 1 saturated heterocycles. The first-order chi connectivity index (χ1) is 21.6. The summed E-state index contributed by atoms with van der Waals surface area (Å²) in [6.07, 6.45) is 4.95. The van der Waals surface area contributed by atoms with Gasteiger partial charge in [-0.05, 0) is 93.3 Å². The SMILES string of the molecule is CCCCN(C(=O)Nc1ccc2c(c1)nnn2C(C)C)C1CCN(Cc2ccc(Oc3ccc(NS(C)(=O)=O)cc3)cc2)CC1.Cl.Cl. The second-order valence-corrected chi connectivity index (χ2v) is 13.7. The Kier molecular flexibility index (Phi) is 13.7. The van der Waals surface area contributed by atoms with Gasteiger partial charge < -0.3 is 15.0 Å². The molecule has 2 amide bonds. The van der Waals surface area contributed by atoms with Crippen LogP contribution >= 0.6 is 24.8 Å². The number of nitrogens with zero attached hydrogens (tertiary/aromatic N) is 5. The van der Waals surface area contributed by atoms with Crippen molar-refractivity contribution in [3.63, 3.8) is 0 Å². The van der Waals surface area contributed by atoms with Crippen molar-refractivity contribution in [3.05, 3.63) is 72.3 Å². The van der Waals surface area contributed by atoms with Crippen LogP contribution < -0.4 is 14.8 Å². The molecule has 0 bridgehead atoms. The number of unbranched alkanes of at least 4 members (excludes halogenated alkanes) is 1. The van der Waals surface area contributed by atoms with Crippen LogP contribution in [0.2, 0.25) is 0 Å². The molecule has 2 N–H and O–H groups in total. The molecule has 0 aliphatic carbocycles. The van der Waals surface area contributed by atoms with Gasteiger partial charge in [0.25, 0.3) is 0 Å². The maximum atomic E-state index is 13.5. The molecule has 0 atom stereocenters. The van der Waals surface area contributed by atoms with Gasteiger partial charge in [0.2, 0.25) is 10.0 Å². The van der Waals surface area contributed by atoms with Crippen LogP contribution in [-0.4, -0.2) is 71.2 Å². The standard InChI is InChI=1S/C33H43N7O4S.2ClH/c1-5-6-19-39(33(41)34-27-11-16-32-31(22-27)35-37-40(32)24(2)3)28-17-20-38(21-18-28)23-25-7-12-29(13-8-25)44-30-14-9-26(10-15-30)36-45(4,42)43;;/h7-16,22,24,28,36H,5-6,17-21,23H2,1-4H3,(H,34,41);2*1H. The van der Waals surface area contributed by atoms with E-state index in [4.69, 9.17) is 4.74 Å². The Bertz CT molecular complexity index is 1690. The Labute approximate surface area is 289 Å². The lowest BCUT2D eigenvalue weighted by molar-refractivity contribution is 0.122. The number of hydrogen-bond acceptors (Lipinski definition) is 7. The zero-order chi connectivity index (χ0) is 32.0. The predicted molar refractivity (Wildman–Crippen MR) is 193 cm³/mol. The van der Waals surface area contributed by atoms with Crippen LogP contribution in [0.15, 0.2) is 66.7 Å². The highest BCUT2D eigenvalue weighted by Crippen LogP contribution is 2.26. The fourth-order valence-electron chi connectivity index (χ4n) is 5.63. The normalized spacial score (nSPS) is 13.9. The van der Waals surface area contributed by atoms with Gasteiger partial charge in [-0.3, -0.25) is 9.62 Å². The highest BCUT2D eigenvalue weighted by molar-refractivity contribution is 7.92. The summed E-state index contributed by atoms with van der Waals surface area (Å²) in [6, 6.07) is 21.0. The van der Waals surface area contributed by atoms with Gasteiger partial charge in [-0.25, -0.2) is 17.9 Å². The molecule has 1 aromatic heterocycles. The van der Waals surface area contributed by atoms with Crippen molar-refractivity contribution >= 4 is 63.3 Å². The third kappa shape index (κ3) is 10.5. The summed E-state index contributed by atoms with van der Waals surface area (Å²) in [5.74, 6) is 1.34. The summed E-state index contributed by atoms with van der Waals surface area (Å²) in [4.78, 5) is 17.9. The number of amides is 2. The lowest BCUT2D eigenvalue weighted by Gasteiger charge is -2.38. The van der Waals surface area contributed by atoms with Crippen molar-refractivity contribution < 1.29 is 17.9 Å². The molecule has 47 heavy (non-hydrogen) atoms. The molecule has 3 aromatic carbocycles. The number of carbonyl (C=O) groups is 1. The zero-order valence-corrected chi connectivity index (χ0v) is 29.7. The van der Waals surface area contributed by atoms with Gasteiger partial charge in [-0.1, -0.05) is 30.7 Å². The first-order valence-corrected chi connectivity index (χ1v) is 17.5. The fourth-order valence-corrected chi connectivity index (χ4v) is 6.19. The number of carbonyl (C=O) groups excluding carboxylic acids is 1. The minimum atomic E-state index is -3.32. The number of aromatic nitrogens is 3. The molecule has 0 spiro atoms. The van der Waals surface area contributed by atoms with Crippen LogP contribution in [0, 0.1) is 0 Å². The first-order valence-electron chi connectivity index (χ1n) is 15.6. The van der Waals surface area contributed by atoms with Crippen molar-refractivity contribution in [1.82, 2.24) is 24.8 Å². The van der Waals surface area contributed by atoms with Crippen LogP contribution in [0.4, 0.5) is 16.2 Å². The van der Waals surface area contributed by atoms with Gasteiger partial charge in [0.1, 0.15) is 17.0 Å². The van der Waals surface area contributed by atoms with Crippen molar-refractivity contribution in [3.8, 4) is 11.5 Å². The summed E-state index contributed by atoms with van der Waals surface area (Å²) in [5, 5.41) is 11.7. The summed E-state index contributed by atoms with van der Waals surface area (Å²) < 4.78 is 33.1. The average Bonchev–Trinajstić information content (AvgIpc) is 3.43. The zero-order valence-electron chi connectivity index (χ0n) is 27.3. The minimum Gasteiger partial charge on any atom is -0.457 e. The van der Waals surface area contributed by atoms with Crippen molar-refractivity contribution in [2.24, 2.45) is 0 Å². The van der Waals surface area contributed by atoms with E-state index in [1.54, 1.807) is 24.3 Å². The van der Waals surface area contributed by atoms with E-state index < -0.39 is 10.0 Å². The van der Waals surface area contributed by atoms with Crippen LogP contribution in [0.1, 0.15) is 58.1 Å². The Morgan fingerprint density at radius 3 is 2.19 bits per heavy atom. The lowest BCUT2D eigenvalue weighted by Crippen LogP contribution is -2.49. The Morgan fingerprint density at radius 2 is 1.60 bits per heavy atom. The van der Waals surface area contributed by atoms with E-state index in [2.05, 4.69) is 58.2 Å². The quantitative estimate of drug-likeness (QED) is 0.158. The third-order valence-corrected chi connectivity index (χ3v) is 8.55. The number of likely N-dealkylation sites (tertiary alicyclic amines) is 1. The van der Waals surface area contributed by atoms with Crippen molar-refractivity contribution in [2.75, 3.05) is 35.9 Å². The van der Waals surface area contributed by atoms with Gasteiger partial charge in [0, 0.05) is 49.6 Å². The number of nitrogens with one attached hydrogen (secondary N) is 2. The number of halogens is 2. The molecule has 11 nitrogen and oxygen atoms in total. The average molecular weight is 707 g/mol. The molecule has 0 radical (unpaired) electrons. The molecule has 2 heterocycles. The Morgan fingerprint density at radius 1 is 0.979 bits per heavy atom. The smallest absolute Gasteiger partial charge is 0.322 e. The number of benzene rings is 3. The number of ether oxygens (including phenoxy) is 1. The van der Waals surface area contributed by atoms with Crippen LogP contribution in [-0.2, 0) is 16.6 Å². The third-order valence-electron chi connectivity index (χ3n) is 7.95. The number of fused-ring (bicyclic) bond motifs is 1. The van der Waals surface area contributed by atoms with E-state index in [1.165, 1.54) is 5.56 Å². The molecule has 256 valence electrons. The van der Waals surface area contributed by atoms with Crippen molar-refractivity contribution in [1.29, 1.82) is 0 Å². The molecule has 1 aliphatic heterocycles. The summed E-state index contributed by atoms with van der Waals surface area (Å²) in [7, 11) is -3.32. The summed E-state index contributed by atoms with van der Waals surface area (Å²) in [5.41, 5.74) is 4.14. The maximum Gasteiger partial charge on any atom is 0.322 e. The molecule has 0 unspecified atom stereocenters. The van der Waals surface area contributed by atoms with Gasteiger partial charge in [0.05, 0.1) is 11.8 Å². The van der Waals surface area contributed by atoms with Crippen LogP contribution in [0.5, 0.6) is 11.5 Å². The lowest BCUT2D eigenvalue weighted by atomic mass is 10.0. The van der Waals surface area contributed by atoms with E-state index in [0.717, 1.165) is 74.8 Å². The second kappa shape index (κ2) is 17.0. The molecule has 4 aromatic rings. The Balaban J connectivity index is 0.00000300. The van der Waals surface area contributed by atoms with Gasteiger partial charge in [-0.15, -0.1) is 29.9 Å². The van der Waals surface area contributed by atoms with E-state index in [9.17, 15) is 13.2 Å². The van der Waals surface area contributed by atoms with Gasteiger partial charge in [-0.2, -0.15) is 0 Å². The molecular weight excluding hydrogens is 661 g/mol. The monoisotopic (exact) mass is 705 g/mol. The van der Waals surface area contributed by atoms with Crippen LogP contribution in [0.25, 0.3) is 11.0 Å². The maximum absolute atomic E-state index is 13.5. The Hall–Kier alpha value is -3.58. The van der Waals surface area contributed by atoms with E-state index in [0.29, 0.717) is 17.2 Å². The van der Waals surface area contributed by atoms with E-state index in [-0.39, 0.29) is 42.9 Å². The number of sulfonamides is 1. The van der Waals surface area contributed by atoms with Crippen LogP contribution in [0.3, 0.4) is 0 Å². The highest BCUT2D eigenvalue weighted by atomic mass is 35.5. The van der Waals surface area contributed by atoms with E-state index in [1.807, 2.05) is 39.9 Å². The molecule has 14 heteroatoms. The number of urea groups is 1. The minimum absolute atomic E-state index is 0. The molecular formula is C33H45Cl2N7O4S. The van der Waals surface area contributed by atoms with E-state index >= 15 is 0 Å². The van der Waals surface area contributed by atoms with Gasteiger partial charge >= 0.3 is 6.03 Å². The first kappa shape index (κ1) is 37.9. The molecule has 0 saturated carbocycles. The van der Waals surface area contributed by atoms with Crippen molar-refractivity contribution in [2.45, 2.75) is 65.1 Å². The number of piperidine rings is 1. The summed E-state index contributed by atoms with van der Waals surface area (Å²) >= 11 is 0. The van der Waals surface area contributed by atoms with Gasteiger partial charge in [0.15, 0.2) is 0 Å². The summed E-state index contributed by atoms with van der Waals surface area (Å²) in [6.45, 7) is 9.68. The second-order valence-electron chi connectivity index (χ2n) is 12.0. The number of anilines is 2. The molecule has 1 aliphatic rings. The number of rotatable bonds is 12. The topological polar surface area (TPSA) is 122 Å². The predicted octanol–water partition coefficient (Wildman–Crippen LogP) is 7.32. The highest BCUT2D eigenvalue weighted by Gasteiger charge is 2.28. The molecule has 5 rings (SSSR count). The molecule has 1 fully saturated rings. The number of hydrogen-bond donors (Lipinski definition) is 2.